The van der Waals surface area contributed by atoms with Crippen molar-refractivity contribution in [2.24, 2.45) is 0 Å². The van der Waals surface area contributed by atoms with E-state index in [-0.39, 0.29) is 16.9 Å². The highest BCUT2D eigenvalue weighted by Crippen LogP contribution is 2.50. The van der Waals surface area contributed by atoms with Crippen LogP contribution in [0.15, 0.2) is 91.0 Å². The number of carbonyl (C=O) groups is 2. The van der Waals surface area contributed by atoms with Crippen LogP contribution in [0, 0.1) is 0 Å². The fourth-order valence-corrected chi connectivity index (χ4v) is 3.23. The summed E-state index contributed by atoms with van der Waals surface area (Å²) in [6, 6.07) is 23.8. The van der Waals surface area contributed by atoms with Crippen molar-refractivity contribution in [1.82, 2.24) is 0 Å². The molecule has 3 rings (SSSR count). The van der Waals surface area contributed by atoms with Crippen LogP contribution in [0.3, 0.4) is 0 Å². The highest BCUT2D eigenvalue weighted by molar-refractivity contribution is 7.50. The molecule has 7 heteroatoms. The van der Waals surface area contributed by atoms with Gasteiger partial charge in [-0.05, 0) is 36.4 Å². The third-order valence-corrected chi connectivity index (χ3v) is 4.58. The second kappa shape index (κ2) is 8.34. The fraction of sp³-hybridized carbons (Fsp3) is 0. The topological polar surface area (TPSA) is 78.9 Å². The number of hydrogen-bond acceptors (Lipinski definition) is 6. The van der Waals surface area contributed by atoms with Crippen LogP contribution in [0.2, 0.25) is 0 Å². The molecule has 0 amide bonds. The Morgan fingerprint density at radius 1 is 0.593 bits per heavy atom. The van der Waals surface area contributed by atoms with Crippen LogP contribution in [0.4, 0.5) is 0 Å². The Morgan fingerprint density at radius 3 is 1.37 bits per heavy atom. The van der Waals surface area contributed by atoms with Gasteiger partial charge in [0.15, 0.2) is 0 Å². The van der Waals surface area contributed by atoms with Crippen LogP contribution in [-0.4, -0.2) is 11.9 Å². The van der Waals surface area contributed by atoms with Gasteiger partial charge in [-0.25, -0.2) is 9.59 Å². The lowest BCUT2D eigenvalue weighted by Gasteiger charge is -2.17. The molecule has 0 aromatic heterocycles. The first kappa shape index (κ1) is 18.4. The highest BCUT2D eigenvalue weighted by atomic mass is 31.2. The zero-order valence-electron chi connectivity index (χ0n) is 14.1. The van der Waals surface area contributed by atoms with E-state index in [1.165, 1.54) is 36.4 Å². The Hall–Kier alpha value is -3.37. The molecule has 136 valence electrons. The van der Waals surface area contributed by atoms with Crippen molar-refractivity contribution in [2.75, 3.05) is 0 Å². The first-order valence-electron chi connectivity index (χ1n) is 7.98. The van der Waals surface area contributed by atoms with Gasteiger partial charge in [0.2, 0.25) is 0 Å². The summed E-state index contributed by atoms with van der Waals surface area (Å²) in [7, 11) is -4.58. The summed E-state index contributed by atoms with van der Waals surface area (Å²) in [5, 5.41) is 0. The van der Waals surface area contributed by atoms with E-state index < -0.39 is 19.8 Å². The van der Waals surface area contributed by atoms with Crippen molar-refractivity contribution in [3.63, 3.8) is 0 Å². The predicted molar refractivity (Wildman–Crippen MR) is 98.4 cm³/mol. The van der Waals surface area contributed by atoms with Gasteiger partial charge in [-0.2, -0.15) is 4.57 Å². The van der Waals surface area contributed by atoms with E-state index in [1.807, 2.05) is 0 Å². The maximum Gasteiger partial charge on any atom is 0.652 e. The molecule has 0 unspecified atom stereocenters. The Bertz CT molecular complexity index is 900. The zero-order valence-corrected chi connectivity index (χ0v) is 15.0. The number of phosphoric acid groups is 1. The molecule has 0 radical (unpaired) electrons. The quantitative estimate of drug-likeness (QED) is 0.565. The molecule has 0 aliphatic carbocycles. The molecule has 0 spiro atoms. The Labute approximate surface area is 155 Å². The Balaban J connectivity index is 1.85. The fourth-order valence-electron chi connectivity index (χ4n) is 2.12. The molecule has 0 atom stereocenters. The van der Waals surface area contributed by atoms with Crippen LogP contribution in [0.1, 0.15) is 20.7 Å². The minimum Gasteiger partial charge on any atom is -0.386 e. The van der Waals surface area contributed by atoms with Gasteiger partial charge in [-0.15, -0.1) is 0 Å². The monoisotopic (exact) mass is 382 g/mol. The van der Waals surface area contributed by atoms with E-state index in [1.54, 1.807) is 54.6 Å². The van der Waals surface area contributed by atoms with Crippen molar-refractivity contribution < 1.29 is 27.7 Å². The number of para-hydroxylation sites is 1. The molecule has 27 heavy (non-hydrogen) atoms. The molecule has 3 aromatic carbocycles. The Morgan fingerprint density at radius 2 is 0.963 bits per heavy atom. The van der Waals surface area contributed by atoms with Gasteiger partial charge in [0.05, 0.1) is 11.1 Å². The molecular weight excluding hydrogens is 367 g/mol. The largest absolute Gasteiger partial charge is 0.652 e. The molecule has 0 bridgehead atoms. The number of hydrogen-bond donors (Lipinski definition) is 0. The first-order chi connectivity index (χ1) is 13.1. The molecule has 0 N–H and O–H groups in total. The summed E-state index contributed by atoms with van der Waals surface area (Å²) in [4.78, 5) is 24.6. The molecular formula is C20H15O6P. The van der Waals surface area contributed by atoms with Gasteiger partial charge in [-0.3, -0.25) is 0 Å². The number of phosphoric ester groups is 1. The highest BCUT2D eigenvalue weighted by Gasteiger charge is 2.38. The second-order valence-corrected chi connectivity index (χ2v) is 6.78. The maximum absolute atomic E-state index is 13.0. The number of benzene rings is 3. The molecule has 0 heterocycles. The summed E-state index contributed by atoms with van der Waals surface area (Å²) < 4.78 is 28.2. The van der Waals surface area contributed by atoms with Crippen LogP contribution >= 0.6 is 7.82 Å². The minimum absolute atomic E-state index is 0.127. The molecule has 3 aromatic rings. The zero-order chi connectivity index (χ0) is 19.1. The molecule has 6 nitrogen and oxygen atoms in total. The average molecular weight is 382 g/mol. The lowest BCUT2D eigenvalue weighted by atomic mass is 10.2. The summed E-state index contributed by atoms with van der Waals surface area (Å²) in [6.07, 6.45) is 0. The first-order valence-corrected chi connectivity index (χ1v) is 9.44. The van der Waals surface area contributed by atoms with Gasteiger partial charge in [-0.1, -0.05) is 54.6 Å². The molecule has 0 aliphatic rings. The van der Waals surface area contributed by atoms with E-state index in [9.17, 15) is 14.2 Å². The summed E-state index contributed by atoms with van der Waals surface area (Å²) in [6.45, 7) is 0. The van der Waals surface area contributed by atoms with Crippen molar-refractivity contribution in [3.8, 4) is 5.75 Å². The minimum atomic E-state index is -4.58. The van der Waals surface area contributed by atoms with Gasteiger partial charge in [0.25, 0.3) is 0 Å². The number of rotatable bonds is 6. The third kappa shape index (κ3) is 5.06. The van der Waals surface area contributed by atoms with Gasteiger partial charge in [0, 0.05) is 0 Å². The lowest BCUT2D eigenvalue weighted by Crippen LogP contribution is -2.13. The number of carbonyl (C=O) groups excluding carboxylic acids is 2. The van der Waals surface area contributed by atoms with Crippen LogP contribution in [-0.2, 0) is 13.6 Å². The van der Waals surface area contributed by atoms with Gasteiger partial charge in [0.1, 0.15) is 5.75 Å². The van der Waals surface area contributed by atoms with E-state index in [0.717, 1.165) is 0 Å². The van der Waals surface area contributed by atoms with Crippen molar-refractivity contribution in [1.29, 1.82) is 0 Å². The SMILES string of the molecule is O=C(OP(=O)(OC(=O)c1ccccc1)Oc1ccccc1)c1ccccc1. The van der Waals surface area contributed by atoms with Gasteiger partial charge < -0.3 is 13.6 Å². The Kier molecular flexibility index (Phi) is 5.69. The molecule has 0 aliphatic heterocycles. The molecule has 0 saturated heterocycles. The summed E-state index contributed by atoms with van der Waals surface area (Å²) in [5.41, 5.74) is 0.287. The van der Waals surface area contributed by atoms with E-state index in [2.05, 4.69) is 0 Å². The lowest BCUT2D eigenvalue weighted by molar-refractivity contribution is 0.0574. The van der Waals surface area contributed by atoms with E-state index in [0.29, 0.717) is 0 Å². The van der Waals surface area contributed by atoms with Crippen LogP contribution in [0.5, 0.6) is 5.75 Å². The van der Waals surface area contributed by atoms with E-state index >= 15 is 0 Å². The molecule has 0 fully saturated rings. The maximum atomic E-state index is 13.0. The van der Waals surface area contributed by atoms with Crippen LogP contribution in [0.25, 0.3) is 0 Å². The van der Waals surface area contributed by atoms with E-state index in [4.69, 9.17) is 13.6 Å². The summed E-state index contributed by atoms with van der Waals surface area (Å²) in [5.74, 6) is -1.74. The van der Waals surface area contributed by atoms with Crippen molar-refractivity contribution in [3.05, 3.63) is 102 Å². The molecule has 0 saturated carbocycles. The summed E-state index contributed by atoms with van der Waals surface area (Å²) >= 11 is 0. The second-order valence-electron chi connectivity index (χ2n) is 5.34. The average Bonchev–Trinajstić information content (AvgIpc) is 2.69. The normalized spacial score (nSPS) is 10.7. The predicted octanol–water partition coefficient (Wildman–Crippen LogP) is 4.89. The standard InChI is InChI=1S/C20H15O6P/c21-19(16-10-4-1-5-11-16)25-27(23,24-18-14-8-3-9-15-18)26-20(22)17-12-6-2-7-13-17/h1-15H. The van der Waals surface area contributed by atoms with Crippen LogP contribution < -0.4 is 4.52 Å². The van der Waals surface area contributed by atoms with Crippen molar-refractivity contribution in [2.45, 2.75) is 0 Å². The van der Waals surface area contributed by atoms with Gasteiger partial charge >= 0.3 is 19.8 Å². The van der Waals surface area contributed by atoms with Crippen molar-refractivity contribution >= 4 is 19.8 Å². The smallest absolute Gasteiger partial charge is 0.386 e. The third-order valence-electron chi connectivity index (χ3n) is 3.37.